The Morgan fingerprint density at radius 2 is 2.41 bits per heavy atom. The summed E-state index contributed by atoms with van der Waals surface area (Å²) in [5.74, 6) is 0.969. The van der Waals surface area contributed by atoms with E-state index >= 15 is 0 Å². The Morgan fingerprint density at radius 1 is 1.47 bits per heavy atom. The van der Waals surface area contributed by atoms with E-state index in [1.54, 1.807) is 0 Å². The summed E-state index contributed by atoms with van der Waals surface area (Å²) in [6.45, 7) is 4.57. The van der Waals surface area contributed by atoms with Gasteiger partial charge in [-0.15, -0.1) is 0 Å². The van der Waals surface area contributed by atoms with Gasteiger partial charge in [-0.25, -0.2) is 4.98 Å². The lowest BCUT2D eigenvalue weighted by molar-refractivity contribution is 0.0770. The lowest BCUT2D eigenvalue weighted by Crippen LogP contribution is -2.42. The van der Waals surface area contributed by atoms with Crippen LogP contribution in [0.15, 0.2) is 18.2 Å². The van der Waals surface area contributed by atoms with E-state index in [1.165, 1.54) is 5.56 Å². The fourth-order valence-corrected chi connectivity index (χ4v) is 2.35. The smallest absolute Gasteiger partial charge is 0.104 e. The molecule has 0 spiro atoms. The molecule has 17 heavy (non-hydrogen) atoms. The van der Waals surface area contributed by atoms with Crippen molar-refractivity contribution in [1.82, 2.24) is 15.3 Å². The number of H-pyrrole nitrogens is 1. The van der Waals surface area contributed by atoms with Crippen molar-refractivity contribution < 1.29 is 4.74 Å². The number of nitrogens with zero attached hydrogens (tertiary/aromatic N) is 1. The van der Waals surface area contributed by atoms with Crippen LogP contribution in [0.3, 0.4) is 0 Å². The normalized spacial score (nSPS) is 20.9. The zero-order valence-corrected chi connectivity index (χ0v) is 9.99. The minimum Gasteiger partial charge on any atom is -0.379 e. The second-order valence-electron chi connectivity index (χ2n) is 4.60. The van der Waals surface area contributed by atoms with Crippen molar-refractivity contribution in [2.45, 2.75) is 19.4 Å². The van der Waals surface area contributed by atoms with E-state index in [9.17, 15) is 0 Å². The highest BCUT2D eigenvalue weighted by atomic mass is 16.5. The molecule has 0 aliphatic carbocycles. The Balaban J connectivity index is 1.79. The standard InChI is InChI=1S/C13H17N3O/c1-9-15-12-3-2-10(7-13(12)16-9)6-11-8-17-5-4-14-11/h2-3,7,11,14H,4-6,8H2,1H3,(H,15,16). The van der Waals surface area contributed by atoms with E-state index in [2.05, 4.69) is 33.5 Å². The Morgan fingerprint density at radius 3 is 3.24 bits per heavy atom. The van der Waals surface area contributed by atoms with Crippen LogP contribution in [0.2, 0.25) is 0 Å². The highest BCUT2D eigenvalue weighted by Gasteiger charge is 2.13. The van der Waals surface area contributed by atoms with Crippen LogP contribution in [0.1, 0.15) is 11.4 Å². The molecule has 2 aromatic rings. The number of aryl methyl sites for hydroxylation is 1. The molecule has 0 radical (unpaired) electrons. The van der Waals surface area contributed by atoms with Gasteiger partial charge in [-0.05, 0) is 31.0 Å². The number of benzene rings is 1. The highest BCUT2D eigenvalue weighted by Crippen LogP contribution is 2.15. The Kier molecular flexibility index (Phi) is 2.82. The van der Waals surface area contributed by atoms with Crippen LogP contribution in [0.25, 0.3) is 11.0 Å². The number of imidazole rings is 1. The first-order valence-electron chi connectivity index (χ1n) is 6.07. The molecule has 2 heterocycles. The molecule has 1 aliphatic heterocycles. The Bertz CT molecular complexity index is 514. The van der Waals surface area contributed by atoms with Gasteiger partial charge in [0.2, 0.25) is 0 Å². The average Bonchev–Trinajstić information content (AvgIpc) is 2.70. The molecule has 0 amide bonds. The third kappa shape index (κ3) is 2.33. The molecule has 0 saturated carbocycles. The third-order valence-electron chi connectivity index (χ3n) is 3.15. The van der Waals surface area contributed by atoms with Crippen molar-refractivity contribution in [3.63, 3.8) is 0 Å². The van der Waals surface area contributed by atoms with Gasteiger partial charge in [0.05, 0.1) is 24.2 Å². The maximum atomic E-state index is 5.46. The minimum absolute atomic E-state index is 0.435. The van der Waals surface area contributed by atoms with Crippen molar-refractivity contribution >= 4 is 11.0 Å². The van der Waals surface area contributed by atoms with Gasteiger partial charge in [0.1, 0.15) is 5.82 Å². The summed E-state index contributed by atoms with van der Waals surface area (Å²) in [6.07, 6.45) is 1.01. The molecule has 4 heteroatoms. The second kappa shape index (κ2) is 4.47. The van der Waals surface area contributed by atoms with Gasteiger partial charge in [0.15, 0.2) is 0 Å². The van der Waals surface area contributed by atoms with E-state index in [4.69, 9.17) is 4.74 Å². The summed E-state index contributed by atoms with van der Waals surface area (Å²) in [5.41, 5.74) is 3.49. The third-order valence-corrected chi connectivity index (χ3v) is 3.15. The Hall–Kier alpha value is -1.39. The number of hydrogen-bond acceptors (Lipinski definition) is 3. The molecule has 3 rings (SSSR count). The number of hydrogen-bond donors (Lipinski definition) is 2. The van der Waals surface area contributed by atoms with Crippen molar-refractivity contribution in [1.29, 1.82) is 0 Å². The predicted molar refractivity (Wildman–Crippen MR) is 67.1 cm³/mol. The molecule has 1 saturated heterocycles. The molecule has 1 aromatic heterocycles. The molecule has 90 valence electrons. The monoisotopic (exact) mass is 231 g/mol. The molecule has 0 bridgehead atoms. The average molecular weight is 231 g/mol. The maximum Gasteiger partial charge on any atom is 0.104 e. The van der Waals surface area contributed by atoms with Gasteiger partial charge >= 0.3 is 0 Å². The van der Waals surface area contributed by atoms with Gasteiger partial charge in [-0.1, -0.05) is 6.07 Å². The van der Waals surface area contributed by atoms with E-state index in [0.29, 0.717) is 6.04 Å². The van der Waals surface area contributed by atoms with E-state index < -0.39 is 0 Å². The number of fused-ring (bicyclic) bond motifs is 1. The number of nitrogens with one attached hydrogen (secondary N) is 2. The fraction of sp³-hybridized carbons (Fsp3) is 0.462. The van der Waals surface area contributed by atoms with Crippen molar-refractivity contribution in [3.8, 4) is 0 Å². The molecule has 2 N–H and O–H groups in total. The van der Waals surface area contributed by atoms with Crippen LogP contribution in [0.5, 0.6) is 0 Å². The van der Waals surface area contributed by atoms with Crippen molar-refractivity contribution in [2.24, 2.45) is 0 Å². The first-order valence-corrected chi connectivity index (χ1v) is 6.07. The van der Waals surface area contributed by atoms with Gasteiger partial charge in [0.25, 0.3) is 0 Å². The Labute approximate surface area is 100 Å². The molecular formula is C13H17N3O. The van der Waals surface area contributed by atoms with Gasteiger partial charge in [-0.2, -0.15) is 0 Å². The second-order valence-corrected chi connectivity index (χ2v) is 4.60. The topological polar surface area (TPSA) is 49.9 Å². The van der Waals surface area contributed by atoms with E-state index in [0.717, 1.165) is 43.0 Å². The van der Waals surface area contributed by atoms with Crippen molar-refractivity contribution in [3.05, 3.63) is 29.6 Å². The van der Waals surface area contributed by atoms with Crippen LogP contribution >= 0.6 is 0 Å². The number of aromatic amines is 1. The molecule has 1 aliphatic rings. The molecular weight excluding hydrogens is 214 g/mol. The van der Waals surface area contributed by atoms with Crippen LogP contribution in [0.4, 0.5) is 0 Å². The van der Waals surface area contributed by atoms with Crippen molar-refractivity contribution in [2.75, 3.05) is 19.8 Å². The number of aromatic nitrogens is 2. The molecule has 1 atom stereocenters. The number of ether oxygens (including phenoxy) is 1. The first kappa shape index (κ1) is 10.7. The van der Waals surface area contributed by atoms with Crippen LogP contribution in [-0.2, 0) is 11.2 Å². The largest absolute Gasteiger partial charge is 0.379 e. The summed E-state index contributed by atoms with van der Waals surface area (Å²) < 4.78 is 5.46. The molecule has 1 unspecified atom stereocenters. The van der Waals surface area contributed by atoms with Crippen LogP contribution < -0.4 is 5.32 Å². The van der Waals surface area contributed by atoms with E-state index in [-0.39, 0.29) is 0 Å². The summed E-state index contributed by atoms with van der Waals surface area (Å²) >= 11 is 0. The quantitative estimate of drug-likeness (QED) is 0.821. The SMILES string of the molecule is Cc1nc2ccc(CC3COCCN3)cc2[nH]1. The number of morpholine rings is 1. The molecule has 1 aromatic carbocycles. The van der Waals surface area contributed by atoms with E-state index in [1.807, 2.05) is 6.92 Å². The maximum absolute atomic E-state index is 5.46. The van der Waals surface area contributed by atoms with Gasteiger partial charge in [0, 0.05) is 12.6 Å². The van der Waals surface area contributed by atoms with Crippen LogP contribution in [0, 0.1) is 6.92 Å². The summed E-state index contributed by atoms with van der Waals surface area (Å²) in [4.78, 5) is 7.68. The fourth-order valence-electron chi connectivity index (χ4n) is 2.35. The first-order chi connectivity index (χ1) is 8.31. The number of rotatable bonds is 2. The molecule has 4 nitrogen and oxygen atoms in total. The summed E-state index contributed by atoms with van der Waals surface area (Å²) in [5, 5.41) is 3.47. The lowest BCUT2D eigenvalue weighted by Gasteiger charge is -2.23. The van der Waals surface area contributed by atoms with Gasteiger partial charge < -0.3 is 15.0 Å². The highest BCUT2D eigenvalue weighted by molar-refractivity contribution is 5.75. The zero-order valence-electron chi connectivity index (χ0n) is 9.99. The summed E-state index contributed by atoms with van der Waals surface area (Å²) in [6, 6.07) is 6.85. The van der Waals surface area contributed by atoms with Crippen LogP contribution in [-0.4, -0.2) is 35.8 Å². The summed E-state index contributed by atoms with van der Waals surface area (Å²) in [7, 11) is 0. The molecule has 1 fully saturated rings. The zero-order chi connectivity index (χ0) is 11.7. The predicted octanol–water partition coefficient (Wildman–Crippen LogP) is 1.40. The lowest BCUT2D eigenvalue weighted by atomic mass is 10.1. The van der Waals surface area contributed by atoms with Gasteiger partial charge in [-0.3, -0.25) is 0 Å². The minimum atomic E-state index is 0.435.